The van der Waals surface area contributed by atoms with E-state index in [-0.39, 0.29) is 0 Å². The first-order chi connectivity index (χ1) is 13.2. The highest BCUT2D eigenvalue weighted by molar-refractivity contribution is 5.73. The van der Waals surface area contributed by atoms with Crippen LogP contribution in [0.2, 0.25) is 0 Å². The zero-order valence-electron chi connectivity index (χ0n) is 17.3. The number of hydroxylamine groups is 1. The van der Waals surface area contributed by atoms with E-state index in [9.17, 15) is 9.59 Å². The summed E-state index contributed by atoms with van der Waals surface area (Å²) in [6.07, 6.45) is 23.5. The summed E-state index contributed by atoms with van der Waals surface area (Å²) in [6.45, 7) is 0. The molecule has 27 heavy (non-hydrogen) atoms. The molecule has 0 radical (unpaired) electrons. The lowest BCUT2D eigenvalue weighted by molar-refractivity contribution is -0.142. The lowest BCUT2D eigenvalue weighted by atomic mass is 10.0. The molecule has 1 atom stereocenters. The molecule has 0 amide bonds. The van der Waals surface area contributed by atoms with Crippen molar-refractivity contribution in [2.24, 2.45) is 0 Å². The first-order valence-electron chi connectivity index (χ1n) is 11.3. The van der Waals surface area contributed by atoms with Gasteiger partial charge in [-0.25, -0.2) is 0 Å². The van der Waals surface area contributed by atoms with Crippen LogP contribution in [0, 0.1) is 0 Å². The van der Waals surface area contributed by atoms with Gasteiger partial charge in [0.1, 0.15) is 12.3 Å². The topological polar surface area (TPSA) is 86.6 Å². The third kappa shape index (κ3) is 19.6. The molecule has 0 aliphatic heterocycles. The van der Waals surface area contributed by atoms with Gasteiger partial charge in [-0.05, 0) is 12.8 Å². The van der Waals surface area contributed by atoms with E-state index in [1.807, 2.05) is 5.48 Å². The molecular weight excluding hydrogens is 342 g/mol. The quantitative estimate of drug-likeness (QED) is 0.120. The Kier molecular flexibility index (Phi) is 20.6. The molecular formula is C22H43NO4. The van der Waals surface area contributed by atoms with E-state index in [4.69, 9.17) is 10.3 Å². The molecule has 0 aliphatic carbocycles. The number of aldehydes is 1. The van der Waals surface area contributed by atoms with E-state index >= 15 is 0 Å². The van der Waals surface area contributed by atoms with Crippen molar-refractivity contribution < 1.29 is 19.9 Å². The summed E-state index contributed by atoms with van der Waals surface area (Å²) in [5.74, 6) is -0.983. The minimum atomic E-state index is -0.983. The summed E-state index contributed by atoms with van der Waals surface area (Å²) in [7, 11) is 0. The number of carbonyl (C=O) groups excluding carboxylic acids is 1. The van der Waals surface area contributed by atoms with E-state index in [2.05, 4.69) is 0 Å². The fourth-order valence-electron chi connectivity index (χ4n) is 3.47. The van der Waals surface area contributed by atoms with Crippen LogP contribution in [0.3, 0.4) is 0 Å². The molecule has 0 heterocycles. The van der Waals surface area contributed by atoms with Gasteiger partial charge < -0.3 is 15.1 Å². The van der Waals surface area contributed by atoms with Gasteiger partial charge in [0.05, 0.1) is 0 Å². The molecule has 0 aromatic heterocycles. The second-order valence-corrected chi connectivity index (χ2v) is 7.77. The summed E-state index contributed by atoms with van der Waals surface area (Å²) in [6, 6.07) is -0.821. The van der Waals surface area contributed by atoms with E-state index < -0.39 is 12.0 Å². The van der Waals surface area contributed by atoms with Crippen LogP contribution in [0.1, 0.15) is 122 Å². The summed E-state index contributed by atoms with van der Waals surface area (Å²) in [4.78, 5) is 20.9. The molecule has 0 saturated carbocycles. The van der Waals surface area contributed by atoms with Gasteiger partial charge in [0, 0.05) is 6.42 Å². The van der Waals surface area contributed by atoms with E-state index in [0.717, 1.165) is 38.4 Å². The van der Waals surface area contributed by atoms with Gasteiger partial charge in [-0.3, -0.25) is 4.79 Å². The summed E-state index contributed by atoms with van der Waals surface area (Å²) in [5.41, 5.74) is 1.85. The monoisotopic (exact) mass is 385 g/mol. The Balaban J connectivity index is 3.11. The predicted octanol–water partition coefficient (Wildman–Crippen LogP) is 6.03. The molecule has 0 aliphatic rings. The van der Waals surface area contributed by atoms with Gasteiger partial charge in [0.15, 0.2) is 0 Å². The van der Waals surface area contributed by atoms with E-state index in [1.54, 1.807) is 0 Å². The highest BCUT2D eigenvalue weighted by Gasteiger charge is 2.14. The van der Waals surface area contributed by atoms with Gasteiger partial charge in [-0.1, -0.05) is 103 Å². The van der Waals surface area contributed by atoms with Crippen LogP contribution in [0.15, 0.2) is 0 Å². The summed E-state index contributed by atoms with van der Waals surface area (Å²) in [5, 5.41) is 17.5. The standard InChI is InChI=1S/C22H43NO4/c24-20-18-16-14-12-10-8-6-4-2-1-3-5-7-9-11-13-15-17-19-21(23-27)22(25)26/h20-21,23,27H,1-19H2,(H,25,26). The third-order valence-electron chi connectivity index (χ3n) is 5.27. The van der Waals surface area contributed by atoms with Crippen LogP contribution in [-0.2, 0) is 9.59 Å². The molecule has 3 N–H and O–H groups in total. The van der Waals surface area contributed by atoms with Crippen LogP contribution in [0.25, 0.3) is 0 Å². The van der Waals surface area contributed by atoms with Crippen molar-refractivity contribution in [1.82, 2.24) is 5.48 Å². The van der Waals surface area contributed by atoms with Crippen molar-refractivity contribution in [2.45, 2.75) is 128 Å². The Morgan fingerprint density at radius 2 is 1.00 bits per heavy atom. The molecule has 0 saturated heterocycles. The van der Waals surface area contributed by atoms with Crippen molar-refractivity contribution in [1.29, 1.82) is 0 Å². The number of unbranched alkanes of at least 4 members (excludes halogenated alkanes) is 17. The second-order valence-electron chi connectivity index (χ2n) is 7.77. The molecule has 0 aromatic rings. The van der Waals surface area contributed by atoms with E-state index in [0.29, 0.717) is 6.42 Å². The molecule has 0 spiro atoms. The largest absolute Gasteiger partial charge is 0.480 e. The molecule has 0 rings (SSSR count). The maximum absolute atomic E-state index is 10.7. The van der Waals surface area contributed by atoms with Crippen molar-refractivity contribution in [3.8, 4) is 0 Å². The lowest BCUT2D eigenvalue weighted by Gasteiger charge is -2.09. The first-order valence-corrected chi connectivity index (χ1v) is 11.3. The van der Waals surface area contributed by atoms with Gasteiger partial charge >= 0.3 is 5.97 Å². The molecule has 160 valence electrons. The van der Waals surface area contributed by atoms with Crippen LogP contribution in [-0.4, -0.2) is 28.6 Å². The zero-order valence-corrected chi connectivity index (χ0v) is 17.3. The van der Waals surface area contributed by atoms with Crippen LogP contribution < -0.4 is 5.48 Å². The van der Waals surface area contributed by atoms with Gasteiger partial charge in [-0.2, -0.15) is 5.48 Å². The number of hydrogen-bond acceptors (Lipinski definition) is 4. The smallest absolute Gasteiger partial charge is 0.323 e. The molecule has 1 unspecified atom stereocenters. The minimum absolute atomic E-state index is 0.492. The number of nitrogens with one attached hydrogen (secondary N) is 1. The highest BCUT2D eigenvalue weighted by atomic mass is 16.5. The van der Waals surface area contributed by atoms with E-state index in [1.165, 1.54) is 83.5 Å². The average Bonchev–Trinajstić information content (AvgIpc) is 2.66. The van der Waals surface area contributed by atoms with Gasteiger partial charge in [-0.15, -0.1) is 0 Å². The number of hydrogen-bond donors (Lipinski definition) is 3. The van der Waals surface area contributed by atoms with Gasteiger partial charge in [0.25, 0.3) is 0 Å². The second kappa shape index (κ2) is 21.4. The number of aliphatic carboxylic acids is 1. The van der Waals surface area contributed by atoms with Crippen LogP contribution in [0.4, 0.5) is 0 Å². The predicted molar refractivity (Wildman–Crippen MR) is 110 cm³/mol. The van der Waals surface area contributed by atoms with Gasteiger partial charge in [0.2, 0.25) is 0 Å². The SMILES string of the molecule is O=CCCCCCCCCCCCCCCCCCCCC(NO)C(=O)O. The Bertz CT molecular complexity index is 336. The van der Waals surface area contributed by atoms with Crippen molar-refractivity contribution in [3.05, 3.63) is 0 Å². The minimum Gasteiger partial charge on any atom is -0.480 e. The van der Waals surface area contributed by atoms with Crippen molar-refractivity contribution in [3.63, 3.8) is 0 Å². The normalized spacial score (nSPS) is 12.2. The molecule has 0 aromatic carbocycles. The third-order valence-corrected chi connectivity index (χ3v) is 5.27. The molecule has 0 bridgehead atoms. The molecule has 5 nitrogen and oxygen atoms in total. The summed E-state index contributed by atoms with van der Waals surface area (Å²) >= 11 is 0. The Morgan fingerprint density at radius 3 is 1.30 bits per heavy atom. The molecule has 5 heteroatoms. The highest BCUT2D eigenvalue weighted by Crippen LogP contribution is 2.14. The van der Waals surface area contributed by atoms with Crippen LogP contribution >= 0.6 is 0 Å². The maximum Gasteiger partial charge on any atom is 0.323 e. The lowest BCUT2D eigenvalue weighted by Crippen LogP contribution is -2.34. The Hall–Kier alpha value is -0.940. The Labute approximate surface area is 166 Å². The average molecular weight is 386 g/mol. The summed E-state index contributed by atoms with van der Waals surface area (Å²) < 4.78 is 0. The molecule has 0 fully saturated rings. The zero-order chi connectivity index (χ0) is 20.0. The number of carboxylic acid groups (broad SMARTS) is 1. The van der Waals surface area contributed by atoms with Crippen LogP contribution in [0.5, 0.6) is 0 Å². The fourth-order valence-corrected chi connectivity index (χ4v) is 3.47. The number of carboxylic acids is 1. The maximum atomic E-state index is 10.7. The van der Waals surface area contributed by atoms with Crippen molar-refractivity contribution >= 4 is 12.3 Å². The fraction of sp³-hybridized carbons (Fsp3) is 0.909. The first kappa shape index (κ1) is 26.1. The number of rotatable bonds is 22. The Morgan fingerprint density at radius 1 is 0.667 bits per heavy atom. The number of carbonyl (C=O) groups is 2. The van der Waals surface area contributed by atoms with Crippen molar-refractivity contribution in [2.75, 3.05) is 0 Å².